The Bertz CT molecular complexity index is 995. The molecule has 146 valence electrons. The Balaban J connectivity index is 1.60. The Morgan fingerprint density at radius 2 is 1.96 bits per heavy atom. The fraction of sp³-hybridized carbons (Fsp3) is 0.381. The molecule has 7 heteroatoms. The number of fused-ring (bicyclic) bond motifs is 2. The molecule has 0 saturated carbocycles. The van der Waals surface area contributed by atoms with Crippen molar-refractivity contribution in [2.24, 2.45) is 0 Å². The first kappa shape index (κ1) is 18.0. The summed E-state index contributed by atoms with van der Waals surface area (Å²) in [7, 11) is 0. The Kier molecular flexibility index (Phi) is 4.96. The molecular formula is C21H23BrN4O2. The van der Waals surface area contributed by atoms with E-state index < -0.39 is 0 Å². The molecule has 2 aromatic heterocycles. The zero-order chi connectivity index (χ0) is 18.9. The standard InChI is InChI=1S/C21H23BrN4O2/c22-16-3-1-9-26-17(14-25-8-2-6-23-7-10-25)20(24-21(16)26)15-4-5-18-19(13-15)28-12-11-27-18/h1,3-5,9,13,23H,2,6-8,10-12,14H2. The highest BCUT2D eigenvalue weighted by atomic mass is 79.9. The van der Waals surface area contributed by atoms with Crippen molar-refractivity contribution in [2.45, 2.75) is 13.0 Å². The summed E-state index contributed by atoms with van der Waals surface area (Å²) < 4.78 is 14.7. The van der Waals surface area contributed by atoms with Crippen molar-refractivity contribution in [3.8, 4) is 22.8 Å². The van der Waals surface area contributed by atoms with Gasteiger partial charge in [-0.2, -0.15) is 0 Å². The first-order valence-electron chi connectivity index (χ1n) is 9.78. The number of hydrogen-bond acceptors (Lipinski definition) is 5. The van der Waals surface area contributed by atoms with Gasteiger partial charge in [-0.05, 0) is 65.8 Å². The van der Waals surface area contributed by atoms with Crippen LogP contribution in [0.25, 0.3) is 16.9 Å². The second-order valence-electron chi connectivity index (χ2n) is 7.19. The maximum Gasteiger partial charge on any atom is 0.162 e. The quantitative estimate of drug-likeness (QED) is 0.673. The number of imidazole rings is 1. The Labute approximate surface area is 172 Å². The molecule has 4 heterocycles. The monoisotopic (exact) mass is 442 g/mol. The van der Waals surface area contributed by atoms with E-state index in [0.29, 0.717) is 13.2 Å². The fourth-order valence-corrected chi connectivity index (χ4v) is 4.36. The molecule has 5 rings (SSSR count). The minimum absolute atomic E-state index is 0.584. The van der Waals surface area contributed by atoms with Crippen LogP contribution < -0.4 is 14.8 Å². The maximum absolute atomic E-state index is 5.80. The van der Waals surface area contributed by atoms with Gasteiger partial charge in [0.05, 0.1) is 15.9 Å². The van der Waals surface area contributed by atoms with Gasteiger partial charge in [-0.3, -0.25) is 4.90 Å². The average Bonchev–Trinajstić information content (AvgIpc) is 2.90. The summed E-state index contributed by atoms with van der Waals surface area (Å²) in [6.45, 7) is 6.30. The number of halogens is 1. The second-order valence-corrected chi connectivity index (χ2v) is 8.05. The normalized spacial score (nSPS) is 17.6. The lowest BCUT2D eigenvalue weighted by Crippen LogP contribution is -2.28. The van der Waals surface area contributed by atoms with E-state index in [9.17, 15) is 0 Å². The Hall–Kier alpha value is -2.09. The van der Waals surface area contributed by atoms with Crippen molar-refractivity contribution in [3.63, 3.8) is 0 Å². The first-order chi connectivity index (χ1) is 13.8. The molecule has 0 radical (unpaired) electrons. The van der Waals surface area contributed by atoms with Crippen molar-refractivity contribution in [1.29, 1.82) is 0 Å². The number of benzene rings is 1. The molecule has 2 aliphatic rings. The van der Waals surface area contributed by atoms with Gasteiger partial charge in [0, 0.05) is 31.4 Å². The number of hydrogen-bond donors (Lipinski definition) is 1. The zero-order valence-electron chi connectivity index (χ0n) is 15.7. The maximum atomic E-state index is 5.80. The van der Waals surface area contributed by atoms with E-state index in [0.717, 1.165) is 65.6 Å². The van der Waals surface area contributed by atoms with Crippen molar-refractivity contribution in [3.05, 3.63) is 46.7 Å². The summed E-state index contributed by atoms with van der Waals surface area (Å²) in [5.74, 6) is 1.60. The summed E-state index contributed by atoms with van der Waals surface area (Å²) in [5, 5.41) is 3.48. The fourth-order valence-electron chi connectivity index (χ4n) is 3.93. The van der Waals surface area contributed by atoms with Gasteiger partial charge in [0.2, 0.25) is 0 Å². The SMILES string of the molecule is Brc1cccn2c(CN3CCCNCC3)c(-c3ccc4c(c3)OCCO4)nc12. The van der Waals surface area contributed by atoms with E-state index in [1.165, 1.54) is 12.1 Å². The zero-order valence-corrected chi connectivity index (χ0v) is 17.2. The average molecular weight is 443 g/mol. The molecule has 0 amide bonds. The molecule has 1 aromatic carbocycles. The molecule has 28 heavy (non-hydrogen) atoms. The van der Waals surface area contributed by atoms with Crippen LogP contribution in [0.2, 0.25) is 0 Å². The van der Waals surface area contributed by atoms with Crippen LogP contribution >= 0.6 is 15.9 Å². The number of pyridine rings is 1. The highest BCUT2D eigenvalue weighted by Crippen LogP contribution is 2.36. The van der Waals surface area contributed by atoms with Gasteiger partial charge in [0.25, 0.3) is 0 Å². The van der Waals surface area contributed by atoms with Crippen molar-refractivity contribution in [2.75, 3.05) is 39.4 Å². The summed E-state index contributed by atoms with van der Waals surface area (Å²) in [6, 6.07) is 10.2. The molecule has 0 atom stereocenters. The van der Waals surface area contributed by atoms with Gasteiger partial charge in [-0.1, -0.05) is 0 Å². The number of rotatable bonds is 3. The Morgan fingerprint density at radius 3 is 2.89 bits per heavy atom. The summed E-state index contributed by atoms with van der Waals surface area (Å²) in [6.07, 6.45) is 3.26. The molecule has 1 fully saturated rings. The lowest BCUT2D eigenvalue weighted by atomic mass is 10.1. The van der Waals surface area contributed by atoms with E-state index in [2.05, 4.69) is 54.9 Å². The Morgan fingerprint density at radius 1 is 1.07 bits per heavy atom. The van der Waals surface area contributed by atoms with Crippen molar-refractivity contribution in [1.82, 2.24) is 19.6 Å². The second kappa shape index (κ2) is 7.73. The largest absolute Gasteiger partial charge is 0.486 e. The van der Waals surface area contributed by atoms with Gasteiger partial charge in [-0.25, -0.2) is 4.98 Å². The van der Waals surface area contributed by atoms with E-state index in [4.69, 9.17) is 14.5 Å². The number of aromatic nitrogens is 2. The highest BCUT2D eigenvalue weighted by molar-refractivity contribution is 9.10. The minimum atomic E-state index is 0.584. The number of nitrogens with zero attached hydrogens (tertiary/aromatic N) is 3. The summed E-state index contributed by atoms with van der Waals surface area (Å²) in [5.41, 5.74) is 4.20. The van der Waals surface area contributed by atoms with Crippen LogP contribution in [-0.4, -0.2) is 53.7 Å². The van der Waals surface area contributed by atoms with Crippen molar-refractivity contribution >= 4 is 21.6 Å². The highest BCUT2D eigenvalue weighted by Gasteiger charge is 2.21. The van der Waals surface area contributed by atoms with Gasteiger partial charge in [0.1, 0.15) is 13.2 Å². The lowest BCUT2D eigenvalue weighted by Gasteiger charge is -2.21. The van der Waals surface area contributed by atoms with Crippen LogP contribution in [-0.2, 0) is 6.54 Å². The molecule has 6 nitrogen and oxygen atoms in total. The van der Waals surface area contributed by atoms with Crippen LogP contribution in [0.3, 0.4) is 0 Å². The van der Waals surface area contributed by atoms with Crippen LogP contribution in [0.1, 0.15) is 12.1 Å². The van der Waals surface area contributed by atoms with E-state index >= 15 is 0 Å². The molecule has 0 spiro atoms. The topological polar surface area (TPSA) is 51.0 Å². The van der Waals surface area contributed by atoms with Gasteiger partial charge < -0.3 is 19.2 Å². The van der Waals surface area contributed by atoms with Crippen LogP contribution in [0.4, 0.5) is 0 Å². The smallest absolute Gasteiger partial charge is 0.162 e. The third kappa shape index (κ3) is 3.38. The molecule has 2 aliphatic heterocycles. The molecule has 0 bridgehead atoms. The van der Waals surface area contributed by atoms with Gasteiger partial charge >= 0.3 is 0 Å². The summed E-state index contributed by atoms with van der Waals surface area (Å²) >= 11 is 3.66. The third-order valence-corrected chi connectivity index (χ3v) is 5.94. The third-order valence-electron chi connectivity index (χ3n) is 5.32. The van der Waals surface area contributed by atoms with Crippen molar-refractivity contribution < 1.29 is 9.47 Å². The molecular weight excluding hydrogens is 420 g/mol. The summed E-state index contributed by atoms with van der Waals surface area (Å²) in [4.78, 5) is 7.50. The van der Waals surface area contributed by atoms with Gasteiger partial charge in [-0.15, -0.1) is 0 Å². The lowest BCUT2D eigenvalue weighted by molar-refractivity contribution is 0.171. The number of nitrogens with one attached hydrogen (secondary N) is 1. The molecule has 1 saturated heterocycles. The van der Waals surface area contributed by atoms with Crippen LogP contribution in [0, 0.1) is 0 Å². The predicted molar refractivity (Wildman–Crippen MR) is 112 cm³/mol. The molecule has 1 N–H and O–H groups in total. The van der Waals surface area contributed by atoms with E-state index in [-0.39, 0.29) is 0 Å². The number of ether oxygens (including phenoxy) is 2. The van der Waals surface area contributed by atoms with Crippen LogP contribution in [0.5, 0.6) is 11.5 Å². The van der Waals surface area contributed by atoms with E-state index in [1.807, 2.05) is 12.1 Å². The minimum Gasteiger partial charge on any atom is -0.486 e. The van der Waals surface area contributed by atoms with Gasteiger partial charge in [0.15, 0.2) is 17.1 Å². The predicted octanol–water partition coefficient (Wildman–Crippen LogP) is 3.33. The van der Waals surface area contributed by atoms with Crippen LogP contribution in [0.15, 0.2) is 41.0 Å². The van der Waals surface area contributed by atoms with E-state index in [1.54, 1.807) is 0 Å². The first-order valence-corrected chi connectivity index (χ1v) is 10.6. The molecule has 3 aromatic rings. The molecule has 0 aliphatic carbocycles. The molecule has 0 unspecified atom stereocenters.